The van der Waals surface area contributed by atoms with E-state index in [0.29, 0.717) is 12.0 Å². The molecule has 1 heterocycles. The zero-order valence-corrected chi connectivity index (χ0v) is 14.2. The molecule has 0 radical (unpaired) electrons. The lowest BCUT2D eigenvalue weighted by atomic mass is 10.1. The van der Waals surface area contributed by atoms with E-state index in [4.69, 9.17) is 0 Å². The topological polar surface area (TPSA) is 75.2 Å². The lowest BCUT2D eigenvalue weighted by Gasteiger charge is -2.22. The number of nitrogens with one attached hydrogen (secondary N) is 1. The summed E-state index contributed by atoms with van der Waals surface area (Å²) in [6.45, 7) is 1.79. The standard InChI is InChI=1S/C18H18F2N4O2/c1-11-2-4-12(5-3-11)17(26)24(9-13-6-15(13)20)10-16(25)23-18-21-7-14(19)8-22-18/h2-5,7-8,13,15H,6,9-10H2,1H3,(H,21,22,23,25). The van der Waals surface area contributed by atoms with E-state index in [1.54, 1.807) is 24.3 Å². The van der Waals surface area contributed by atoms with Crippen molar-refractivity contribution < 1.29 is 18.4 Å². The van der Waals surface area contributed by atoms with Gasteiger partial charge < -0.3 is 4.90 Å². The maximum Gasteiger partial charge on any atom is 0.254 e. The summed E-state index contributed by atoms with van der Waals surface area (Å²) in [6.07, 6.45) is 1.30. The Labute approximate surface area is 149 Å². The average molecular weight is 360 g/mol. The molecule has 1 aromatic carbocycles. The van der Waals surface area contributed by atoms with Crippen molar-refractivity contribution in [2.24, 2.45) is 5.92 Å². The lowest BCUT2D eigenvalue weighted by Crippen LogP contribution is -2.39. The van der Waals surface area contributed by atoms with E-state index >= 15 is 0 Å². The number of hydrogen-bond acceptors (Lipinski definition) is 4. The Bertz CT molecular complexity index is 796. The molecule has 6 nitrogen and oxygen atoms in total. The molecule has 8 heteroatoms. The van der Waals surface area contributed by atoms with Gasteiger partial charge in [-0.1, -0.05) is 17.7 Å². The van der Waals surface area contributed by atoms with E-state index in [1.165, 1.54) is 4.90 Å². The zero-order chi connectivity index (χ0) is 18.7. The molecule has 0 spiro atoms. The first-order valence-electron chi connectivity index (χ1n) is 8.20. The van der Waals surface area contributed by atoms with E-state index in [9.17, 15) is 18.4 Å². The molecule has 1 N–H and O–H groups in total. The summed E-state index contributed by atoms with van der Waals surface area (Å²) in [7, 11) is 0. The Kier molecular flexibility index (Phi) is 5.20. The quantitative estimate of drug-likeness (QED) is 0.858. The lowest BCUT2D eigenvalue weighted by molar-refractivity contribution is -0.117. The number of aryl methyl sites for hydroxylation is 1. The Hall–Kier alpha value is -2.90. The molecule has 26 heavy (non-hydrogen) atoms. The number of amides is 2. The molecule has 0 saturated heterocycles. The molecule has 1 aromatic heterocycles. The average Bonchev–Trinajstić information content (AvgIpc) is 3.31. The molecule has 1 aliphatic carbocycles. The zero-order valence-electron chi connectivity index (χ0n) is 14.2. The second kappa shape index (κ2) is 7.55. The third kappa shape index (κ3) is 4.59. The molecular weight excluding hydrogens is 342 g/mol. The molecule has 136 valence electrons. The van der Waals surface area contributed by atoms with E-state index in [0.717, 1.165) is 18.0 Å². The van der Waals surface area contributed by atoms with E-state index < -0.39 is 17.9 Å². The van der Waals surface area contributed by atoms with Crippen molar-refractivity contribution in [2.45, 2.75) is 19.5 Å². The normalized spacial score (nSPS) is 18.3. The van der Waals surface area contributed by atoms with Gasteiger partial charge in [-0.25, -0.2) is 18.7 Å². The van der Waals surface area contributed by atoms with Crippen molar-refractivity contribution in [1.29, 1.82) is 0 Å². The van der Waals surface area contributed by atoms with Gasteiger partial charge in [0.15, 0.2) is 5.82 Å². The first-order valence-corrected chi connectivity index (χ1v) is 8.20. The van der Waals surface area contributed by atoms with Gasteiger partial charge in [-0.3, -0.25) is 14.9 Å². The fourth-order valence-corrected chi connectivity index (χ4v) is 2.50. The number of aromatic nitrogens is 2. The third-order valence-corrected chi connectivity index (χ3v) is 4.08. The van der Waals surface area contributed by atoms with Crippen LogP contribution in [0.4, 0.5) is 14.7 Å². The van der Waals surface area contributed by atoms with Crippen molar-refractivity contribution in [3.63, 3.8) is 0 Å². The van der Waals surface area contributed by atoms with Gasteiger partial charge in [0.2, 0.25) is 11.9 Å². The van der Waals surface area contributed by atoms with Crippen molar-refractivity contribution in [3.8, 4) is 0 Å². The minimum Gasteiger partial charge on any atom is -0.329 e. The minimum absolute atomic E-state index is 0.0612. The van der Waals surface area contributed by atoms with Crippen molar-refractivity contribution in [1.82, 2.24) is 14.9 Å². The van der Waals surface area contributed by atoms with Crippen LogP contribution in [0.1, 0.15) is 22.3 Å². The number of halogens is 2. The van der Waals surface area contributed by atoms with Gasteiger partial charge in [0.05, 0.1) is 12.4 Å². The maximum atomic E-state index is 13.3. The van der Waals surface area contributed by atoms with Gasteiger partial charge in [-0.05, 0) is 25.5 Å². The highest BCUT2D eigenvalue weighted by Crippen LogP contribution is 2.34. The Morgan fingerprint density at radius 3 is 2.42 bits per heavy atom. The minimum atomic E-state index is -0.938. The summed E-state index contributed by atoms with van der Waals surface area (Å²) >= 11 is 0. The second-order valence-corrected chi connectivity index (χ2v) is 6.34. The highest BCUT2D eigenvalue weighted by atomic mass is 19.1. The molecule has 0 bridgehead atoms. The maximum absolute atomic E-state index is 13.3. The smallest absolute Gasteiger partial charge is 0.254 e. The van der Waals surface area contributed by atoms with Gasteiger partial charge in [-0.2, -0.15) is 0 Å². The van der Waals surface area contributed by atoms with E-state index in [1.807, 2.05) is 6.92 Å². The molecule has 2 atom stereocenters. The molecule has 0 aliphatic heterocycles. The van der Waals surface area contributed by atoms with Gasteiger partial charge in [0.1, 0.15) is 12.7 Å². The van der Waals surface area contributed by atoms with Gasteiger partial charge in [0.25, 0.3) is 5.91 Å². The van der Waals surface area contributed by atoms with Crippen LogP contribution in [0.25, 0.3) is 0 Å². The third-order valence-electron chi connectivity index (χ3n) is 4.08. The van der Waals surface area contributed by atoms with Gasteiger partial charge in [-0.15, -0.1) is 0 Å². The second-order valence-electron chi connectivity index (χ2n) is 6.34. The SMILES string of the molecule is Cc1ccc(C(=O)N(CC(=O)Nc2ncc(F)cn2)CC2CC2F)cc1. The Balaban J connectivity index is 1.68. The van der Waals surface area contributed by atoms with Crippen LogP contribution in [0.2, 0.25) is 0 Å². The molecule has 1 fully saturated rings. The van der Waals surface area contributed by atoms with Gasteiger partial charge >= 0.3 is 0 Å². The van der Waals surface area contributed by atoms with Crippen LogP contribution in [0.15, 0.2) is 36.7 Å². The molecule has 3 rings (SSSR count). The monoisotopic (exact) mass is 360 g/mol. The van der Waals surface area contributed by atoms with Crippen LogP contribution >= 0.6 is 0 Å². The largest absolute Gasteiger partial charge is 0.329 e. The highest BCUT2D eigenvalue weighted by Gasteiger charge is 2.40. The number of hydrogen-bond donors (Lipinski definition) is 1. The molecule has 1 aliphatic rings. The number of rotatable bonds is 6. The fourth-order valence-electron chi connectivity index (χ4n) is 2.50. The molecular formula is C18H18F2N4O2. The van der Waals surface area contributed by atoms with Crippen LogP contribution in [0.3, 0.4) is 0 Å². The predicted octanol–water partition coefficient (Wildman–Crippen LogP) is 2.36. The molecule has 2 amide bonds. The molecule has 2 unspecified atom stereocenters. The van der Waals surface area contributed by atoms with Crippen molar-refractivity contribution in [3.05, 3.63) is 53.6 Å². The summed E-state index contributed by atoms with van der Waals surface area (Å²) in [4.78, 5) is 33.5. The Morgan fingerprint density at radius 2 is 1.85 bits per heavy atom. The van der Waals surface area contributed by atoms with Crippen LogP contribution in [0, 0.1) is 18.7 Å². The predicted molar refractivity (Wildman–Crippen MR) is 90.7 cm³/mol. The van der Waals surface area contributed by atoms with Crippen LogP contribution in [-0.2, 0) is 4.79 Å². The fraction of sp³-hybridized carbons (Fsp3) is 0.333. The number of nitrogens with zero attached hydrogens (tertiary/aromatic N) is 3. The van der Waals surface area contributed by atoms with Crippen molar-refractivity contribution in [2.75, 3.05) is 18.4 Å². The van der Waals surface area contributed by atoms with E-state index in [-0.39, 0.29) is 30.9 Å². The molecule has 2 aromatic rings. The summed E-state index contributed by atoms with van der Waals surface area (Å²) in [6, 6.07) is 6.94. The highest BCUT2D eigenvalue weighted by molar-refractivity contribution is 5.98. The first kappa shape index (κ1) is 17.9. The first-order chi connectivity index (χ1) is 12.4. The summed E-state index contributed by atoms with van der Waals surface area (Å²) < 4.78 is 26.1. The summed E-state index contributed by atoms with van der Waals surface area (Å²) in [5.74, 6) is -1.82. The Morgan fingerprint density at radius 1 is 1.23 bits per heavy atom. The molecule has 1 saturated carbocycles. The van der Waals surface area contributed by atoms with Crippen molar-refractivity contribution >= 4 is 17.8 Å². The number of alkyl halides is 1. The van der Waals surface area contributed by atoms with E-state index in [2.05, 4.69) is 15.3 Å². The number of anilines is 1. The number of carbonyl (C=O) groups is 2. The summed E-state index contributed by atoms with van der Waals surface area (Å²) in [5, 5.41) is 2.40. The van der Waals surface area contributed by atoms with Gasteiger partial charge in [0, 0.05) is 18.0 Å². The van der Waals surface area contributed by atoms with Crippen LogP contribution in [0.5, 0.6) is 0 Å². The number of benzene rings is 1. The summed E-state index contributed by atoms with van der Waals surface area (Å²) in [5.41, 5.74) is 1.43. The van der Waals surface area contributed by atoms with Crippen LogP contribution < -0.4 is 5.32 Å². The number of carbonyl (C=O) groups excluding carboxylic acids is 2. The van der Waals surface area contributed by atoms with Crippen LogP contribution in [-0.4, -0.2) is 45.9 Å².